The van der Waals surface area contributed by atoms with Gasteiger partial charge in [-0.15, -0.1) is 0 Å². The summed E-state index contributed by atoms with van der Waals surface area (Å²) in [6.45, 7) is 3.92. The highest BCUT2D eigenvalue weighted by atomic mass is 16.5. The van der Waals surface area contributed by atoms with Gasteiger partial charge in [-0.1, -0.05) is 30.3 Å². The van der Waals surface area contributed by atoms with Crippen LogP contribution in [-0.4, -0.2) is 36.2 Å². The quantitative estimate of drug-likeness (QED) is 0.880. The van der Waals surface area contributed by atoms with Gasteiger partial charge in [0.1, 0.15) is 0 Å². The Bertz CT molecular complexity index is 389. The van der Waals surface area contributed by atoms with Gasteiger partial charge in [0.2, 0.25) is 0 Å². The Morgan fingerprint density at radius 2 is 2.06 bits per heavy atom. The van der Waals surface area contributed by atoms with Gasteiger partial charge in [-0.3, -0.25) is 4.90 Å². The number of nitrogens with zero attached hydrogens (tertiary/aromatic N) is 1. The molecule has 1 atom stereocenters. The summed E-state index contributed by atoms with van der Waals surface area (Å²) >= 11 is 0. The second-order valence-electron chi connectivity index (χ2n) is 5.78. The molecule has 3 heteroatoms. The van der Waals surface area contributed by atoms with Gasteiger partial charge in [-0.2, -0.15) is 0 Å². The fourth-order valence-corrected chi connectivity index (χ4v) is 2.71. The zero-order valence-corrected chi connectivity index (χ0v) is 10.8. The zero-order valence-electron chi connectivity index (χ0n) is 10.8. The number of ether oxygens (including phenoxy) is 1. The molecule has 3 rings (SSSR count). The lowest BCUT2D eigenvalue weighted by molar-refractivity contribution is -0.0387. The fraction of sp³-hybridized carbons (Fsp3) is 0.600. The average Bonchev–Trinajstić information content (AvgIpc) is 3.08. The molecule has 1 aromatic rings. The molecule has 2 aliphatic rings. The van der Waals surface area contributed by atoms with Crippen LogP contribution < -0.4 is 5.73 Å². The molecule has 0 amide bonds. The van der Waals surface area contributed by atoms with Crippen molar-refractivity contribution in [3.05, 3.63) is 35.9 Å². The topological polar surface area (TPSA) is 38.5 Å². The predicted octanol–water partition coefficient (Wildman–Crippen LogP) is 1.77. The van der Waals surface area contributed by atoms with E-state index in [4.69, 9.17) is 10.5 Å². The lowest BCUT2D eigenvalue weighted by Crippen LogP contribution is -2.44. The summed E-state index contributed by atoms with van der Waals surface area (Å²) in [5.74, 6) is 0. The molecule has 2 fully saturated rings. The monoisotopic (exact) mass is 246 g/mol. The SMILES string of the molecule is NC1(CC2CN(Cc3ccccc3)CCO2)CC1. The van der Waals surface area contributed by atoms with Crippen molar-refractivity contribution in [2.24, 2.45) is 5.73 Å². The molecule has 0 spiro atoms. The number of rotatable bonds is 4. The summed E-state index contributed by atoms with van der Waals surface area (Å²) in [6, 6.07) is 10.7. The maximum Gasteiger partial charge on any atom is 0.0720 e. The van der Waals surface area contributed by atoms with E-state index in [2.05, 4.69) is 35.2 Å². The number of morpholine rings is 1. The standard InChI is InChI=1S/C15H22N2O/c16-15(6-7-15)10-14-12-17(8-9-18-14)11-13-4-2-1-3-5-13/h1-5,14H,6-12,16H2. The van der Waals surface area contributed by atoms with Crippen molar-refractivity contribution in [2.45, 2.75) is 37.5 Å². The van der Waals surface area contributed by atoms with Crippen molar-refractivity contribution in [1.29, 1.82) is 0 Å². The van der Waals surface area contributed by atoms with E-state index in [9.17, 15) is 0 Å². The Hall–Kier alpha value is -0.900. The van der Waals surface area contributed by atoms with E-state index in [1.807, 2.05) is 0 Å². The molecule has 1 saturated carbocycles. The first-order valence-electron chi connectivity index (χ1n) is 6.90. The van der Waals surface area contributed by atoms with Crippen LogP contribution in [0.1, 0.15) is 24.8 Å². The molecule has 1 aliphatic carbocycles. The maximum absolute atomic E-state index is 6.18. The minimum absolute atomic E-state index is 0.0976. The molecule has 1 aromatic carbocycles. The second-order valence-corrected chi connectivity index (χ2v) is 5.78. The molecule has 0 aromatic heterocycles. The van der Waals surface area contributed by atoms with Gasteiger partial charge in [0.05, 0.1) is 12.7 Å². The van der Waals surface area contributed by atoms with Crippen LogP contribution in [-0.2, 0) is 11.3 Å². The van der Waals surface area contributed by atoms with Gasteiger partial charge >= 0.3 is 0 Å². The van der Waals surface area contributed by atoms with E-state index in [0.717, 1.165) is 32.7 Å². The molecule has 98 valence electrons. The molecule has 1 saturated heterocycles. The summed E-state index contributed by atoms with van der Waals surface area (Å²) in [6.07, 6.45) is 3.70. The molecule has 3 nitrogen and oxygen atoms in total. The normalized spacial score (nSPS) is 27.1. The van der Waals surface area contributed by atoms with Crippen LogP contribution in [0.3, 0.4) is 0 Å². The van der Waals surface area contributed by atoms with E-state index in [1.165, 1.54) is 18.4 Å². The van der Waals surface area contributed by atoms with Gasteiger partial charge in [0.25, 0.3) is 0 Å². The largest absolute Gasteiger partial charge is 0.375 e. The third-order valence-corrected chi connectivity index (χ3v) is 4.00. The van der Waals surface area contributed by atoms with Crippen LogP contribution >= 0.6 is 0 Å². The number of hydrogen-bond donors (Lipinski definition) is 1. The van der Waals surface area contributed by atoms with Crippen molar-refractivity contribution in [2.75, 3.05) is 19.7 Å². The van der Waals surface area contributed by atoms with Gasteiger partial charge in [-0.05, 0) is 24.8 Å². The fourth-order valence-electron chi connectivity index (χ4n) is 2.71. The van der Waals surface area contributed by atoms with Crippen LogP contribution in [0.25, 0.3) is 0 Å². The van der Waals surface area contributed by atoms with Gasteiger partial charge in [0, 0.05) is 25.2 Å². The van der Waals surface area contributed by atoms with Crippen LogP contribution in [0.2, 0.25) is 0 Å². The van der Waals surface area contributed by atoms with Crippen LogP contribution in [0.4, 0.5) is 0 Å². The Kier molecular flexibility index (Phi) is 3.37. The number of hydrogen-bond acceptors (Lipinski definition) is 3. The molecule has 1 aliphatic heterocycles. The average molecular weight is 246 g/mol. The van der Waals surface area contributed by atoms with E-state index in [-0.39, 0.29) is 5.54 Å². The summed E-state index contributed by atoms with van der Waals surface area (Å²) in [7, 11) is 0. The Morgan fingerprint density at radius 3 is 2.78 bits per heavy atom. The van der Waals surface area contributed by atoms with Crippen molar-refractivity contribution in [3.8, 4) is 0 Å². The van der Waals surface area contributed by atoms with Gasteiger partial charge < -0.3 is 10.5 Å². The Morgan fingerprint density at radius 1 is 1.28 bits per heavy atom. The minimum atomic E-state index is 0.0976. The van der Waals surface area contributed by atoms with Gasteiger partial charge in [-0.25, -0.2) is 0 Å². The molecular formula is C15H22N2O. The summed E-state index contributed by atoms with van der Waals surface area (Å²) in [5.41, 5.74) is 7.66. The van der Waals surface area contributed by atoms with Crippen molar-refractivity contribution in [1.82, 2.24) is 4.90 Å². The minimum Gasteiger partial charge on any atom is -0.375 e. The summed E-state index contributed by atoms with van der Waals surface area (Å²) in [5, 5.41) is 0. The van der Waals surface area contributed by atoms with Crippen molar-refractivity contribution < 1.29 is 4.74 Å². The Balaban J connectivity index is 1.54. The first-order valence-corrected chi connectivity index (χ1v) is 6.90. The van der Waals surface area contributed by atoms with E-state index in [1.54, 1.807) is 0 Å². The first kappa shape index (κ1) is 12.2. The van der Waals surface area contributed by atoms with Gasteiger partial charge in [0.15, 0.2) is 0 Å². The van der Waals surface area contributed by atoms with Crippen molar-refractivity contribution in [3.63, 3.8) is 0 Å². The highest BCUT2D eigenvalue weighted by Gasteiger charge is 2.41. The Labute approximate surface area is 109 Å². The summed E-state index contributed by atoms with van der Waals surface area (Å²) < 4.78 is 5.84. The molecule has 18 heavy (non-hydrogen) atoms. The van der Waals surface area contributed by atoms with Crippen LogP contribution in [0, 0.1) is 0 Å². The van der Waals surface area contributed by atoms with E-state index < -0.39 is 0 Å². The first-order chi connectivity index (χ1) is 8.73. The molecular weight excluding hydrogens is 224 g/mol. The molecule has 0 bridgehead atoms. The number of benzene rings is 1. The lowest BCUT2D eigenvalue weighted by Gasteiger charge is -2.34. The third kappa shape index (κ3) is 3.10. The third-order valence-electron chi connectivity index (χ3n) is 4.00. The second kappa shape index (κ2) is 5.00. The smallest absolute Gasteiger partial charge is 0.0720 e. The zero-order chi connectivity index (χ0) is 12.4. The van der Waals surface area contributed by atoms with Crippen LogP contribution in [0.15, 0.2) is 30.3 Å². The van der Waals surface area contributed by atoms with Crippen LogP contribution in [0.5, 0.6) is 0 Å². The lowest BCUT2D eigenvalue weighted by atomic mass is 10.1. The predicted molar refractivity (Wildman–Crippen MR) is 72.2 cm³/mol. The number of nitrogens with two attached hydrogens (primary N) is 1. The highest BCUT2D eigenvalue weighted by Crippen LogP contribution is 2.37. The summed E-state index contributed by atoms with van der Waals surface area (Å²) in [4.78, 5) is 2.48. The highest BCUT2D eigenvalue weighted by molar-refractivity contribution is 5.14. The molecule has 1 unspecified atom stereocenters. The van der Waals surface area contributed by atoms with E-state index >= 15 is 0 Å². The van der Waals surface area contributed by atoms with Crippen molar-refractivity contribution >= 4 is 0 Å². The maximum atomic E-state index is 6.18. The molecule has 0 radical (unpaired) electrons. The molecule has 2 N–H and O–H groups in total. The molecule has 1 heterocycles. The van der Waals surface area contributed by atoms with E-state index in [0.29, 0.717) is 6.10 Å².